The third-order valence-electron chi connectivity index (χ3n) is 8.91. The number of nitrogens with two attached hydrogens (primary N) is 1. The molecular weight excluding hydrogens is 572 g/mol. The van der Waals surface area contributed by atoms with Crippen molar-refractivity contribution in [2.75, 3.05) is 39.7 Å². The molecule has 0 radical (unpaired) electrons. The fourth-order valence-corrected chi connectivity index (χ4v) is 6.80. The molecule has 0 aliphatic heterocycles. The number of aliphatic hydroxyl groups is 3. The predicted molar refractivity (Wildman–Crippen MR) is 160 cm³/mol. The van der Waals surface area contributed by atoms with E-state index in [9.17, 15) is 39.6 Å². The second-order valence-electron chi connectivity index (χ2n) is 12.2. The van der Waals surface area contributed by atoms with Crippen molar-refractivity contribution in [2.24, 2.45) is 17.6 Å². The monoisotopic (exact) mass is 614 g/mol. The Morgan fingerprint density at radius 2 is 1.80 bits per heavy atom. The zero-order valence-corrected chi connectivity index (χ0v) is 25.8. The van der Waals surface area contributed by atoms with Crippen LogP contribution in [0.5, 0.6) is 5.75 Å². The van der Waals surface area contributed by atoms with Crippen molar-refractivity contribution in [3.05, 3.63) is 45.4 Å². The molecule has 3 aliphatic rings. The lowest BCUT2D eigenvalue weighted by atomic mass is 9.58. The summed E-state index contributed by atoms with van der Waals surface area (Å²) in [6.07, 6.45) is 3.22. The molecule has 4 rings (SSSR count). The number of likely N-dealkylation sites (N-methyl/N-ethyl adjacent to an activating group) is 1. The number of unbranched alkanes of at least 4 members (excludes halogenated alkanes) is 3. The van der Waals surface area contributed by atoms with Crippen LogP contribution in [0.2, 0.25) is 0 Å². The van der Waals surface area contributed by atoms with Gasteiger partial charge in [-0.1, -0.05) is 26.2 Å². The van der Waals surface area contributed by atoms with Crippen molar-refractivity contribution in [1.29, 1.82) is 0 Å². The largest absolute Gasteiger partial charge is 0.510 e. The molecule has 0 aromatic heterocycles. The second kappa shape index (κ2) is 12.5. The number of allylic oxidation sites excluding steroid dienone is 1. The number of alkyl carbamates (subject to hydrolysis) is 1. The van der Waals surface area contributed by atoms with Crippen molar-refractivity contribution in [3.63, 3.8) is 0 Å². The van der Waals surface area contributed by atoms with E-state index in [-0.39, 0.29) is 42.7 Å². The van der Waals surface area contributed by atoms with Gasteiger partial charge in [-0.15, -0.1) is 0 Å². The number of hydrogen-bond donors (Lipinski definition) is 6. The summed E-state index contributed by atoms with van der Waals surface area (Å²) < 4.78 is 5.21. The number of aliphatic hydroxyl groups excluding tert-OH is 2. The molecule has 1 aromatic rings. The second-order valence-corrected chi connectivity index (χ2v) is 12.2. The zero-order valence-electron chi connectivity index (χ0n) is 25.8. The van der Waals surface area contributed by atoms with E-state index in [0.29, 0.717) is 11.3 Å². The highest BCUT2D eigenvalue weighted by Crippen LogP contribution is 2.53. The van der Waals surface area contributed by atoms with Crippen LogP contribution in [0.4, 0.5) is 10.5 Å². The van der Waals surface area contributed by atoms with E-state index in [4.69, 9.17) is 10.5 Å². The van der Waals surface area contributed by atoms with Gasteiger partial charge in [-0.2, -0.15) is 0 Å². The number of nitrogens with zero attached hydrogens (tertiary/aromatic N) is 2. The number of carbonyl (C=O) groups excluding carboxylic acids is 4. The zero-order chi connectivity index (χ0) is 32.7. The summed E-state index contributed by atoms with van der Waals surface area (Å²) >= 11 is 0. The number of amides is 2. The number of ether oxygens (including phenoxy) is 1. The van der Waals surface area contributed by atoms with Gasteiger partial charge in [-0.3, -0.25) is 19.3 Å². The SMILES string of the molecule is CCCCCCOC(=O)NCc1cc(N(C)C)c2c(c1O)C(=O)C1=C(O)[C@@]3(O)C(=O)C(C(N)=O)=C(O)[C@H](N(C)C)[C@H]3C[C@H]1C2. The minimum absolute atomic E-state index is 0.00715. The average molecular weight is 615 g/mol. The van der Waals surface area contributed by atoms with Gasteiger partial charge in [0.15, 0.2) is 11.4 Å². The molecule has 3 aliphatic carbocycles. The Labute approximate surface area is 256 Å². The topological polar surface area (TPSA) is 203 Å². The third kappa shape index (κ3) is 5.38. The molecule has 13 heteroatoms. The number of primary amides is 1. The van der Waals surface area contributed by atoms with Crippen LogP contribution >= 0.6 is 0 Å². The Morgan fingerprint density at radius 1 is 1.11 bits per heavy atom. The van der Waals surface area contributed by atoms with E-state index in [0.717, 1.165) is 25.7 Å². The minimum Gasteiger partial charge on any atom is -0.510 e. The van der Waals surface area contributed by atoms with Crippen LogP contribution in [0.1, 0.15) is 60.5 Å². The number of benzene rings is 1. The number of phenolic OH excluding ortho intramolecular Hbond substituents is 1. The summed E-state index contributed by atoms with van der Waals surface area (Å²) in [6.45, 7) is 2.17. The highest BCUT2D eigenvalue weighted by molar-refractivity contribution is 6.25. The fourth-order valence-electron chi connectivity index (χ4n) is 6.80. The molecular formula is C31H42N4O9. The van der Waals surface area contributed by atoms with E-state index < -0.39 is 69.9 Å². The first-order valence-electron chi connectivity index (χ1n) is 14.8. The lowest BCUT2D eigenvalue weighted by Crippen LogP contribution is -2.63. The standard InChI is InChI=1S/C31H42N4O9/c1-6-7-8-9-10-44-30(42)33-14-16-13-19(34(2)3)17-11-15-12-18-23(35(4)5)26(38)22(29(32)41)28(40)31(18,43)27(39)20(15)25(37)21(17)24(16)36/h13,15,18,23,36,38-39,43H,6-12,14H2,1-5H3,(H2,32,41)(H,33,42)/t15-,18-,23-,31-/m1/s1. The van der Waals surface area contributed by atoms with E-state index >= 15 is 0 Å². The molecule has 1 aromatic carbocycles. The summed E-state index contributed by atoms with van der Waals surface area (Å²) in [6, 6.07) is 0.596. The van der Waals surface area contributed by atoms with Gasteiger partial charge in [0.05, 0.1) is 18.2 Å². The molecule has 240 valence electrons. The van der Waals surface area contributed by atoms with Gasteiger partial charge in [-0.05, 0) is 50.9 Å². The molecule has 0 unspecified atom stereocenters. The first-order valence-corrected chi connectivity index (χ1v) is 14.8. The Kier molecular flexibility index (Phi) is 9.31. The van der Waals surface area contributed by atoms with Crippen LogP contribution < -0.4 is 16.0 Å². The van der Waals surface area contributed by atoms with Crippen LogP contribution in [0, 0.1) is 11.8 Å². The van der Waals surface area contributed by atoms with Gasteiger partial charge in [-0.25, -0.2) is 4.79 Å². The smallest absolute Gasteiger partial charge is 0.407 e. The number of Topliss-reactive ketones (excluding diaryl/α,β-unsaturated/α-hetero) is 2. The number of aromatic hydroxyl groups is 1. The van der Waals surface area contributed by atoms with E-state index in [1.54, 1.807) is 39.2 Å². The number of phenols is 1. The molecule has 0 saturated carbocycles. The molecule has 44 heavy (non-hydrogen) atoms. The van der Waals surface area contributed by atoms with Gasteiger partial charge in [0.1, 0.15) is 22.8 Å². The Bertz CT molecular complexity index is 1450. The molecule has 0 bridgehead atoms. The normalized spacial score (nSPS) is 24.6. The van der Waals surface area contributed by atoms with Gasteiger partial charge in [0, 0.05) is 43.4 Å². The molecule has 0 heterocycles. The molecule has 0 fully saturated rings. The number of ketones is 2. The van der Waals surface area contributed by atoms with Crippen LogP contribution in [0.15, 0.2) is 28.7 Å². The van der Waals surface area contributed by atoms with Crippen molar-refractivity contribution in [2.45, 2.75) is 63.6 Å². The van der Waals surface area contributed by atoms with Crippen molar-refractivity contribution < 1.29 is 44.3 Å². The fraction of sp³-hybridized carbons (Fsp3) is 0.548. The van der Waals surface area contributed by atoms with Crippen molar-refractivity contribution >= 4 is 29.3 Å². The van der Waals surface area contributed by atoms with E-state index in [1.807, 2.05) is 0 Å². The number of rotatable bonds is 10. The molecule has 13 nitrogen and oxygen atoms in total. The summed E-state index contributed by atoms with van der Waals surface area (Å²) in [5, 5.41) is 48.1. The summed E-state index contributed by atoms with van der Waals surface area (Å²) in [7, 11) is 6.68. The number of fused-ring (bicyclic) bond motifs is 3. The van der Waals surface area contributed by atoms with Crippen molar-refractivity contribution in [3.8, 4) is 5.75 Å². The highest BCUT2D eigenvalue weighted by atomic mass is 16.5. The first-order chi connectivity index (χ1) is 20.7. The molecule has 0 saturated heterocycles. The summed E-state index contributed by atoms with van der Waals surface area (Å²) in [4.78, 5) is 55.3. The molecule has 2 amide bonds. The maximum absolute atomic E-state index is 14.1. The van der Waals surface area contributed by atoms with Gasteiger partial charge in [0.2, 0.25) is 5.78 Å². The molecule has 7 N–H and O–H groups in total. The molecule has 4 atom stereocenters. The lowest BCUT2D eigenvalue weighted by Gasteiger charge is -2.50. The number of hydrogen-bond acceptors (Lipinski definition) is 11. The van der Waals surface area contributed by atoms with Crippen LogP contribution in [-0.4, -0.2) is 95.3 Å². The highest BCUT2D eigenvalue weighted by Gasteiger charge is 2.63. The first kappa shape index (κ1) is 32.8. The van der Waals surface area contributed by atoms with Gasteiger partial charge < -0.3 is 41.1 Å². The Balaban J connectivity index is 1.75. The van der Waals surface area contributed by atoms with E-state index in [1.165, 1.54) is 4.90 Å². The Morgan fingerprint density at radius 3 is 2.39 bits per heavy atom. The van der Waals surface area contributed by atoms with Crippen molar-refractivity contribution in [1.82, 2.24) is 10.2 Å². The van der Waals surface area contributed by atoms with E-state index in [2.05, 4.69) is 12.2 Å². The summed E-state index contributed by atoms with van der Waals surface area (Å²) in [5.74, 6) is -7.14. The quantitative estimate of drug-likeness (QED) is 0.166. The van der Waals surface area contributed by atoms with Gasteiger partial charge >= 0.3 is 6.09 Å². The molecule has 0 spiro atoms. The average Bonchev–Trinajstić information content (AvgIpc) is 2.93. The van der Waals surface area contributed by atoms with Crippen LogP contribution in [-0.2, 0) is 27.3 Å². The lowest BCUT2D eigenvalue weighted by molar-refractivity contribution is -0.148. The minimum atomic E-state index is -2.72. The number of anilines is 1. The summed E-state index contributed by atoms with van der Waals surface area (Å²) in [5.41, 5.74) is 2.75. The third-order valence-corrected chi connectivity index (χ3v) is 8.91. The predicted octanol–water partition coefficient (Wildman–Crippen LogP) is 1.99. The maximum atomic E-state index is 14.1. The number of carbonyl (C=O) groups is 4. The Hall–Kier alpha value is -4.10. The number of nitrogens with one attached hydrogen (secondary N) is 1. The van der Waals surface area contributed by atoms with Crippen LogP contribution in [0.3, 0.4) is 0 Å². The van der Waals surface area contributed by atoms with Gasteiger partial charge in [0.25, 0.3) is 5.91 Å². The van der Waals surface area contributed by atoms with Crippen LogP contribution in [0.25, 0.3) is 0 Å². The maximum Gasteiger partial charge on any atom is 0.407 e.